The Bertz CT molecular complexity index is 253. The molecule has 0 atom stereocenters. The summed E-state index contributed by atoms with van der Waals surface area (Å²) in [5.74, 6) is -0.786. The second kappa shape index (κ2) is 10.9. The molecule has 0 rings (SSSR count). The fourth-order valence-electron chi connectivity index (χ4n) is 0.873. The molecule has 0 aliphatic rings. The number of rotatable bonds is 8. The fourth-order valence-corrected chi connectivity index (χ4v) is 0.873. The van der Waals surface area contributed by atoms with E-state index >= 15 is 0 Å². The highest BCUT2D eigenvalue weighted by Gasteiger charge is 1.97. The molecule has 0 unspecified atom stereocenters. The molecule has 5 nitrogen and oxygen atoms in total. The maximum Gasteiger partial charge on any atom is 0.330 e. The third-order valence-electron chi connectivity index (χ3n) is 1.55. The van der Waals surface area contributed by atoms with Crippen LogP contribution in [0, 0.1) is 0 Å². The lowest BCUT2D eigenvalue weighted by molar-refractivity contribution is -0.140. The number of hydrogen-bond donors (Lipinski definition) is 0. The second-order valence-electron chi connectivity index (χ2n) is 2.95. The van der Waals surface area contributed by atoms with Gasteiger partial charge in [-0.15, -0.1) is 0 Å². The Morgan fingerprint density at radius 2 is 1.24 bits per heavy atom. The average Bonchev–Trinajstić information content (AvgIpc) is 2.28. The zero-order valence-corrected chi connectivity index (χ0v) is 10.2. The van der Waals surface area contributed by atoms with E-state index in [1.807, 2.05) is 0 Å². The molecular weight excluding hydrogens is 224 g/mol. The Kier molecular flexibility index (Phi) is 9.85. The molecule has 0 amide bonds. The van der Waals surface area contributed by atoms with Crippen molar-refractivity contribution in [2.45, 2.75) is 13.8 Å². The number of carbonyl (C=O) groups excluding carboxylic acids is 2. The molecule has 0 saturated carbocycles. The van der Waals surface area contributed by atoms with Gasteiger partial charge in [0.1, 0.15) is 13.2 Å². The third-order valence-corrected chi connectivity index (χ3v) is 1.55. The summed E-state index contributed by atoms with van der Waals surface area (Å²) in [6, 6.07) is 0. The quantitative estimate of drug-likeness (QED) is 0.364. The van der Waals surface area contributed by atoms with Crippen LogP contribution in [-0.2, 0) is 23.8 Å². The molecule has 0 bridgehead atoms. The van der Waals surface area contributed by atoms with Crippen LogP contribution in [0.3, 0.4) is 0 Å². The van der Waals surface area contributed by atoms with Crippen LogP contribution in [0.25, 0.3) is 0 Å². The van der Waals surface area contributed by atoms with Gasteiger partial charge < -0.3 is 14.2 Å². The number of hydrogen-bond acceptors (Lipinski definition) is 5. The molecule has 0 aromatic carbocycles. The average molecular weight is 242 g/mol. The van der Waals surface area contributed by atoms with Crippen molar-refractivity contribution < 1.29 is 23.8 Å². The van der Waals surface area contributed by atoms with Crippen LogP contribution in [0.1, 0.15) is 13.8 Å². The fraction of sp³-hybridized carbons (Fsp3) is 0.500. The monoisotopic (exact) mass is 242 g/mol. The Morgan fingerprint density at radius 3 is 1.59 bits per heavy atom. The summed E-state index contributed by atoms with van der Waals surface area (Å²) < 4.78 is 14.6. The molecule has 0 aliphatic carbocycles. The predicted octanol–water partition coefficient (Wildman–Crippen LogP) is 1.24. The highest BCUT2D eigenvalue weighted by atomic mass is 16.6. The first-order valence-corrected chi connectivity index (χ1v) is 5.37. The smallest absolute Gasteiger partial charge is 0.330 e. The summed E-state index contributed by atoms with van der Waals surface area (Å²) in [6.07, 6.45) is 5.87. The molecule has 0 heterocycles. The molecule has 0 saturated heterocycles. The minimum absolute atomic E-state index is 0.186. The van der Waals surface area contributed by atoms with Gasteiger partial charge in [-0.25, -0.2) is 9.59 Å². The first-order chi connectivity index (χ1) is 8.20. The minimum Gasteiger partial charge on any atom is -0.460 e. The molecule has 0 fully saturated rings. The largest absolute Gasteiger partial charge is 0.460 e. The van der Waals surface area contributed by atoms with E-state index < -0.39 is 11.9 Å². The van der Waals surface area contributed by atoms with E-state index in [9.17, 15) is 9.59 Å². The summed E-state index contributed by atoms with van der Waals surface area (Å²) in [4.78, 5) is 21.7. The molecule has 0 radical (unpaired) electrons. The van der Waals surface area contributed by atoms with E-state index in [1.54, 1.807) is 26.0 Å². The Balaban J connectivity index is 3.30. The maximum absolute atomic E-state index is 10.9. The van der Waals surface area contributed by atoms with Gasteiger partial charge in [-0.1, -0.05) is 12.2 Å². The van der Waals surface area contributed by atoms with Crippen molar-refractivity contribution in [1.82, 2.24) is 0 Å². The highest BCUT2D eigenvalue weighted by molar-refractivity contribution is 5.82. The number of esters is 2. The third kappa shape index (κ3) is 10.7. The van der Waals surface area contributed by atoms with Gasteiger partial charge in [-0.3, -0.25) is 0 Å². The summed E-state index contributed by atoms with van der Waals surface area (Å²) in [5, 5.41) is 0. The maximum atomic E-state index is 10.9. The number of allylic oxidation sites excluding steroid dienone is 2. The second-order valence-corrected chi connectivity index (χ2v) is 2.95. The van der Waals surface area contributed by atoms with Gasteiger partial charge in [-0.2, -0.15) is 0 Å². The van der Waals surface area contributed by atoms with Crippen molar-refractivity contribution in [2.75, 3.05) is 26.4 Å². The van der Waals surface area contributed by atoms with E-state index in [-0.39, 0.29) is 26.4 Å². The lowest BCUT2D eigenvalue weighted by atomic mass is 10.5. The Labute approximate surface area is 101 Å². The molecule has 0 aromatic heterocycles. The molecule has 96 valence electrons. The summed E-state index contributed by atoms with van der Waals surface area (Å²) >= 11 is 0. The van der Waals surface area contributed by atoms with Crippen molar-refractivity contribution in [3.63, 3.8) is 0 Å². The van der Waals surface area contributed by atoms with Gasteiger partial charge in [-0.05, 0) is 13.8 Å². The van der Waals surface area contributed by atoms with Crippen molar-refractivity contribution in [1.29, 1.82) is 0 Å². The lowest BCUT2D eigenvalue weighted by Crippen LogP contribution is -2.13. The topological polar surface area (TPSA) is 61.8 Å². The van der Waals surface area contributed by atoms with Crippen molar-refractivity contribution in [2.24, 2.45) is 0 Å². The predicted molar refractivity (Wildman–Crippen MR) is 62.4 cm³/mol. The minimum atomic E-state index is -0.393. The first-order valence-electron chi connectivity index (χ1n) is 5.37. The van der Waals surface area contributed by atoms with Gasteiger partial charge in [0.2, 0.25) is 0 Å². The molecule has 0 aromatic rings. The van der Waals surface area contributed by atoms with Crippen molar-refractivity contribution >= 4 is 11.9 Å². The molecular formula is C12H18O5. The van der Waals surface area contributed by atoms with E-state index in [4.69, 9.17) is 14.2 Å². The Hall–Kier alpha value is -1.62. The molecule has 0 aliphatic heterocycles. The van der Waals surface area contributed by atoms with Crippen LogP contribution < -0.4 is 0 Å². The van der Waals surface area contributed by atoms with Crippen LogP contribution in [0.15, 0.2) is 24.3 Å². The zero-order chi connectivity index (χ0) is 12.9. The van der Waals surface area contributed by atoms with Gasteiger partial charge in [0, 0.05) is 12.2 Å². The van der Waals surface area contributed by atoms with Gasteiger partial charge in [0.05, 0.1) is 13.2 Å². The van der Waals surface area contributed by atoms with E-state index in [2.05, 4.69) is 0 Å². The molecule has 17 heavy (non-hydrogen) atoms. The van der Waals surface area contributed by atoms with Crippen LogP contribution >= 0.6 is 0 Å². The van der Waals surface area contributed by atoms with Crippen LogP contribution in [0.4, 0.5) is 0 Å². The van der Waals surface area contributed by atoms with E-state index in [0.717, 1.165) is 0 Å². The highest BCUT2D eigenvalue weighted by Crippen LogP contribution is 1.85. The lowest BCUT2D eigenvalue weighted by Gasteiger charge is -2.04. The summed E-state index contributed by atoms with van der Waals surface area (Å²) in [5.41, 5.74) is 0. The number of carbonyl (C=O) groups is 2. The van der Waals surface area contributed by atoms with Gasteiger partial charge in [0.15, 0.2) is 0 Å². The normalized spacial score (nSPS) is 10.9. The standard InChI is InChI=1S/C12H18O5/c1-3-5-11(13)16-9-7-15-8-10-17-12(14)6-4-2/h3-6H,7-10H2,1-2H3/b5-3+,6-4+. The van der Waals surface area contributed by atoms with Crippen LogP contribution in [0.2, 0.25) is 0 Å². The van der Waals surface area contributed by atoms with Gasteiger partial charge in [0.25, 0.3) is 0 Å². The van der Waals surface area contributed by atoms with Crippen molar-refractivity contribution in [3.05, 3.63) is 24.3 Å². The first kappa shape index (κ1) is 15.4. The van der Waals surface area contributed by atoms with Crippen LogP contribution in [-0.4, -0.2) is 38.4 Å². The van der Waals surface area contributed by atoms with Crippen molar-refractivity contribution in [3.8, 4) is 0 Å². The van der Waals surface area contributed by atoms with Crippen LogP contribution in [0.5, 0.6) is 0 Å². The molecule has 0 spiro atoms. The zero-order valence-electron chi connectivity index (χ0n) is 10.2. The molecule has 5 heteroatoms. The Morgan fingerprint density at radius 1 is 0.824 bits per heavy atom. The van der Waals surface area contributed by atoms with Gasteiger partial charge >= 0.3 is 11.9 Å². The SMILES string of the molecule is C/C=C/C(=O)OCCOCCOC(=O)/C=C/C. The number of ether oxygens (including phenoxy) is 3. The molecule has 0 N–H and O–H groups in total. The van der Waals surface area contributed by atoms with E-state index in [0.29, 0.717) is 0 Å². The summed E-state index contributed by atoms with van der Waals surface area (Å²) in [6.45, 7) is 4.40. The summed E-state index contributed by atoms with van der Waals surface area (Å²) in [7, 11) is 0. The van der Waals surface area contributed by atoms with E-state index in [1.165, 1.54) is 12.2 Å².